The fourth-order valence-electron chi connectivity index (χ4n) is 1.03. The smallest absolute Gasteiger partial charge is 0.240 e. The first kappa shape index (κ1) is 13.4. The predicted octanol–water partition coefficient (Wildman–Crippen LogP) is -0.775. The Balaban J connectivity index is 4.68. The lowest BCUT2D eigenvalue weighted by Crippen LogP contribution is -2.41. The molecule has 0 aliphatic rings. The van der Waals surface area contributed by atoms with Crippen molar-refractivity contribution in [2.75, 3.05) is 19.8 Å². The van der Waals surface area contributed by atoms with Crippen LogP contribution in [0.15, 0.2) is 0 Å². The van der Waals surface area contributed by atoms with Crippen molar-refractivity contribution in [2.24, 2.45) is 5.73 Å². The highest BCUT2D eigenvalue weighted by Gasteiger charge is 2.29. The maximum atomic E-state index is 11.6. The molecule has 2 unspecified atom stereocenters. The van der Waals surface area contributed by atoms with Crippen molar-refractivity contribution in [3.63, 3.8) is 0 Å². The minimum absolute atomic E-state index is 0.159. The molecule has 5 nitrogen and oxygen atoms in total. The van der Waals surface area contributed by atoms with E-state index in [4.69, 9.17) is 5.73 Å². The summed E-state index contributed by atoms with van der Waals surface area (Å²) < 4.78 is 23.1. The van der Waals surface area contributed by atoms with Crippen LogP contribution in [0.4, 0.5) is 0 Å². The number of rotatable bonds is 4. The van der Waals surface area contributed by atoms with Crippen LogP contribution >= 0.6 is 0 Å². The van der Waals surface area contributed by atoms with Crippen LogP contribution in [0, 0.1) is 0 Å². The van der Waals surface area contributed by atoms with E-state index in [-0.39, 0.29) is 5.75 Å². The van der Waals surface area contributed by atoms with Crippen LogP contribution in [-0.4, -0.2) is 50.4 Å². The number of hydrogen-bond acceptors (Lipinski definition) is 4. The second kappa shape index (κ2) is 4.75. The SMILES string of the molecule is CC(N)CS(=O)(=O)C(C)C(=O)N(C)C. The van der Waals surface area contributed by atoms with Gasteiger partial charge in [-0.3, -0.25) is 4.79 Å². The highest BCUT2D eigenvalue weighted by Crippen LogP contribution is 2.05. The molecular formula is C8H18N2O3S. The van der Waals surface area contributed by atoms with E-state index in [1.165, 1.54) is 25.9 Å². The standard InChI is InChI=1S/C8H18N2O3S/c1-6(9)5-14(12,13)7(2)8(11)10(3)4/h6-7H,5,9H2,1-4H3. The number of amides is 1. The van der Waals surface area contributed by atoms with E-state index in [0.29, 0.717) is 0 Å². The Morgan fingerprint density at radius 1 is 1.36 bits per heavy atom. The van der Waals surface area contributed by atoms with Crippen LogP contribution in [0.3, 0.4) is 0 Å². The molecule has 2 atom stereocenters. The van der Waals surface area contributed by atoms with Crippen LogP contribution in [0.25, 0.3) is 0 Å². The third-order valence-electron chi connectivity index (χ3n) is 1.82. The van der Waals surface area contributed by atoms with Crippen molar-refractivity contribution in [1.82, 2.24) is 4.90 Å². The predicted molar refractivity (Wildman–Crippen MR) is 55.6 cm³/mol. The van der Waals surface area contributed by atoms with Gasteiger partial charge in [-0.05, 0) is 13.8 Å². The van der Waals surface area contributed by atoms with E-state index < -0.39 is 27.0 Å². The average Bonchev–Trinajstić information content (AvgIpc) is 1.99. The molecule has 6 heteroatoms. The quantitative estimate of drug-likeness (QED) is 0.677. The second-order valence-electron chi connectivity index (χ2n) is 3.68. The zero-order valence-electron chi connectivity index (χ0n) is 9.02. The molecule has 0 aliphatic carbocycles. The van der Waals surface area contributed by atoms with Gasteiger partial charge >= 0.3 is 0 Å². The molecular weight excluding hydrogens is 204 g/mol. The van der Waals surface area contributed by atoms with Crippen LogP contribution in [0.1, 0.15) is 13.8 Å². The summed E-state index contributed by atoms with van der Waals surface area (Å²) in [5.74, 6) is -0.570. The Bertz CT molecular complexity index is 296. The molecule has 2 N–H and O–H groups in total. The summed E-state index contributed by atoms with van der Waals surface area (Å²) in [5, 5.41) is -1.01. The third kappa shape index (κ3) is 3.63. The summed E-state index contributed by atoms with van der Waals surface area (Å²) in [6, 6.07) is -0.447. The first-order valence-corrected chi connectivity index (χ1v) is 6.08. The van der Waals surface area contributed by atoms with Gasteiger partial charge in [0.05, 0.1) is 5.75 Å². The molecule has 0 aromatic rings. The molecule has 0 rings (SSSR count). The summed E-state index contributed by atoms with van der Waals surface area (Å²) >= 11 is 0. The zero-order chi connectivity index (χ0) is 11.5. The molecule has 0 spiro atoms. The van der Waals surface area contributed by atoms with Gasteiger partial charge in [0.1, 0.15) is 5.25 Å². The van der Waals surface area contributed by atoms with Crippen LogP contribution in [-0.2, 0) is 14.6 Å². The molecule has 0 fully saturated rings. The van der Waals surface area contributed by atoms with E-state index in [9.17, 15) is 13.2 Å². The summed E-state index contributed by atoms with van der Waals surface area (Å²) in [5.41, 5.74) is 5.39. The lowest BCUT2D eigenvalue weighted by atomic mass is 10.4. The first-order chi connectivity index (χ1) is 6.18. The fraction of sp³-hybridized carbons (Fsp3) is 0.875. The maximum Gasteiger partial charge on any atom is 0.240 e. The van der Waals surface area contributed by atoms with Crippen molar-refractivity contribution in [3.05, 3.63) is 0 Å². The van der Waals surface area contributed by atoms with Gasteiger partial charge in [0.15, 0.2) is 9.84 Å². The second-order valence-corrected chi connectivity index (χ2v) is 6.05. The van der Waals surface area contributed by atoms with E-state index >= 15 is 0 Å². The van der Waals surface area contributed by atoms with Crippen molar-refractivity contribution in [3.8, 4) is 0 Å². The molecule has 1 amide bonds. The number of hydrogen-bond donors (Lipinski definition) is 1. The Kier molecular flexibility index (Phi) is 4.54. The summed E-state index contributed by atoms with van der Waals surface area (Å²) in [6.07, 6.45) is 0. The Morgan fingerprint density at radius 2 is 1.79 bits per heavy atom. The molecule has 0 bridgehead atoms. The Morgan fingerprint density at radius 3 is 2.07 bits per heavy atom. The molecule has 0 aromatic carbocycles. The topological polar surface area (TPSA) is 80.5 Å². The molecule has 0 radical (unpaired) electrons. The Labute approximate surface area is 85.2 Å². The first-order valence-electron chi connectivity index (χ1n) is 4.36. The van der Waals surface area contributed by atoms with Gasteiger partial charge in [-0.15, -0.1) is 0 Å². The number of carbonyl (C=O) groups is 1. The van der Waals surface area contributed by atoms with Crippen molar-refractivity contribution < 1.29 is 13.2 Å². The summed E-state index contributed by atoms with van der Waals surface area (Å²) in [4.78, 5) is 12.6. The minimum Gasteiger partial charge on any atom is -0.348 e. The van der Waals surface area contributed by atoms with Gasteiger partial charge in [-0.1, -0.05) is 0 Å². The van der Waals surface area contributed by atoms with Crippen LogP contribution in [0.5, 0.6) is 0 Å². The monoisotopic (exact) mass is 222 g/mol. The van der Waals surface area contributed by atoms with E-state index in [0.717, 1.165) is 0 Å². The van der Waals surface area contributed by atoms with Gasteiger partial charge in [0.2, 0.25) is 5.91 Å². The molecule has 0 saturated carbocycles. The maximum absolute atomic E-state index is 11.6. The summed E-state index contributed by atoms with van der Waals surface area (Å²) in [6.45, 7) is 2.99. The minimum atomic E-state index is -3.42. The van der Waals surface area contributed by atoms with Gasteiger partial charge in [0, 0.05) is 20.1 Å². The van der Waals surface area contributed by atoms with Gasteiger partial charge < -0.3 is 10.6 Å². The van der Waals surface area contributed by atoms with Crippen LogP contribution < -0.4 is 5.73 Å². The van der Waals surface area contributed by atoms with Gasteiger partial charge in [0.25, 0.3) is 0 Å². The van der Waals surface area contributed by atoms with Crippen LogP contribution in [0.2, 0.25) is 0 Å². The number of sulfone groups is 1. The van der Waals surface area contributed by atoms with Crippen molar-refractivity contribution in [1.29, 1.82) is 0 Å². The fourth-order valence-corrected chi connectivity index (χ4v) is 2.57. The average molecular weight is 222 g/mol. The number of carbonyl (C=O) groups excluding carboxylic acids is 1. The Hall–Kier alpha value is -0.620. The van der Waals surface area contributed by atoms with Crippen molar-refractivity contribution in [2.45, 2.75) is 25.1 Å². The van der Waals surface area contributed by atoms with Gasteiger partial charge in [-0.25, -0.2) is 8.42 Å². The van der Waals surface area contributed by atoms with E-state index in [1.54, 1.807) is 6.92 Å². The highest BCUT2D eigenvalue weighted by atomic mass is 32.2. The third-order valence-corrected chi connectivity index (χ3v) is 4.09. The van der Waals surface area contributed by atoms with E-state index in [1.807, 2.05) is 0 Å². The molecule has 0 aromatic heterocycles. The normalized spacial score (nSPS) is 16.1. The zero-order valence-corrected chi connectivity index (χ0v) is 9.84. The van der Waals surface area contributed by atoms with Gasteiger partial charge in [-0.2, -0.15) is 0 Å². The number of nitrogens with two attached hydrogens (primary N) is 1. The molecule has 0 heterocycles. The molecule has 84 valence electrons. The molecule has 14 heavy (non-hydrogen) atoms. The summed E-state index contributed by atoms with van der Waals surface area (Å²) in [7, 11) is -0.364. The lowest BCUT2D eigenvalue weighted by Gasteiger charge is -2.18. The lowest BCUT2D eigenvalue weighted by molar-refractivity contribution is -0.127. The number of nitrogens with zero attached hydrogens (tertiary/aromatic N) is 1. The van der Waals surface area contributed by atoms with Crippen molar-refractivity contribution >= 4 is 15.7 Å². The highest BCUT2D eigenvalue weighted by molar-refractivity contribution is 7.92. The van der Waals surface area contributed by atoms with E-state index in [2.05, 4.69) is 0 Å². The molecule has 0 saturated heterocycles. The largest absolute Gasteiger partial charge is 0.348 e. The molecule has 0 aliphatic heterocycles.